The molecule has 1 heterocycles. The zero-order valence-corrected chi connectivity index (χ0v) is 12.2. The molecular weight excluding hydrogens is 274 g/mol. The third-order valence-corrected chi connectivity index (χ3v) is 3.42. The summed E-state index contributed by atoms with van der Waals surface area (Å²) in [5.74, 6) is 0.276. The van der Waals surface area contributed by atoms with E-state index in [4.69, 9.17) is 22.1 Å². The lowest BCUT2D eigenvalue weighted by Crippen LogP contribution is -2.02. The van der Waals surface area contributed by atoms with E-state index in [9.17, 15) is 5.26 Å². The molecule has 0 bridgehead atoms. The van der Waals surface area contributed by atoms with Gasteiger partial charge < -0.3 is 10.5 Å². The van der Waals surface area contributed by atoms with Crippen LogP contribution in [0.4, 0.5) is 0 Å². The third kappa shape index (κ3) is 2.28. The van der Waals surface area contributed by atoms with Crippen LogP contribution in [0.5, 0.6) is 5.88 Å². The molecule has 102 valence electrons. The fourth-order valence-corrected chi connectivity index (χ4v) is 2.22. The van der Waals surface area contributed by atoms with E-state index in [0.717, 1.165) is 16.5 Å². The number of nitrogens with two attached hydrogens (primary N) is 1. The molecule has 2 rings (SSSR count). The summed E-state index contributed by atoms with van der Waals surface area (Å²) in [4.78, 5) is 4.34. The van der Waals surface area contributed by atoms with Gasteiger partial charge >= 0.3 is 0 Å². The highest BCUT2D eigenvalue weighted by atomic mass is 35.5. The van der Waals surface area contributed by atoms with Crippen molar-refractivity contribution in [1.82, 2.24) is 4.98 Å². The van der Waals surface area contributed by atoms with Crippen LogP contribution in [0, 0.1) is 11.3 Å². The van der Waals surface area contributed by atoms with E-state index in [-0.39, 0.29) is 5.88 Å². The number of benzene rings is 1. The van der Waals surface area contributed by atoms with E-state index in [0.29, 0.717) is 21.8 Å². The molecule has 0 fully saturated rings. The molecule has 0 aliphatic heterocycles. The highest BCUT2D eigenvalue weighted by Gasteiger charge is 2.17. The maximum Gasteiger partial charge on any atom is 0.232 e. The molecule has 0 amide bonds. The van der Waals surface area contributed by atoms with E-state index in [1.807, 2.05) is 13.0 Å². The van der Waals surface area contributed by atoms with Gasteiger partial charge in [-0.15, -0.1) is 0 Å². The van der Waals surface area contributed by atoms with Crippen molar-refractivity contribution in [3.05, 3.63) is 40.0 Å². The molecule has 5 heteroatoms. The molecule has 0 aliphatic carbocycles. The number of methoxy groups -OCH3 is 1. The van der Waals surface area contributed by atoms with E-state index >= 15 is 0 Å². The van der Waals surface area contributed by atoms with Gasteiger partial charge in [-0.05, 0) is 31.6 Å². The third-order valence-electron chi connectivity index (χ3n) is 3.19. The molecule has 0 radical (unpaired) electrons. The van der Waals surface area contributed by atoms with Crippen molar-refractivity contribution in [2.24, 2.45) is 5.73 Å². The Labute approximate surface area is 122 Å². The molecule has 20 heavy (non-hydrogen) atoms. The number of allylic oxidation sites excluding steroid dienone is 2. The van der Waals surface area contributed by atoms with Gasteiger partial charge in [-0.2, -0.15) is 5.26 Å². The second kappa shape index (κ2) is 5.40. The predicted molar refractivity (Wildman–Crippen MR) is 80.5 cm³/mol. The summed E-state index contributed by atoms with van der Waals surface area (Å²) in [6.07, 6.45) is 0. The number of nitrogens with zero attached hydrogens (tertiary/aromatic N) is 2. The molecule has 1 aromatic carbocycles. The Bertz CT molecular complexity index is 756. The lowest BCUT2D eigenvalue weighted by Gasteiger charge is -2.13. The molecule has 0 saturated heterocycles. The normalized spacial score (nSPS) is 11.9. The first-order chi connectivity index (χ1) is 9.49. The predicted octanol–water partition coefficient (Wildman–Crippen LogP) is 3.48. The van der Waals surface area contributed by atoms with Gasteiger partial charge in [0.1, 0.15) is 11.6 Å². The SMILES string of the molecule is COc1nc2cc(Cl)ccc2c(C(C)=C(C)N)c1C#N. The number of nitriles is 1. The molecule has 0 aliphatic rings. The molecule has 0 atom stereocenters. The number of fused-ring (bicyclic) bond motifs is 1. The maximum atomic E-state index is 9.42. The Morgan fingerprint density at radius 1 is 1.40 bits per heavy atom. The molecule has 2 N–H and O–H groups in total. The van der Waals surface area contributed by atoms with Gasteiger partial charge in [0.05, 0.1) is 12.6 Å². The highest BCUT2D eigenvalue weighted by molar-refractivity contribution is 6.31. The van der Waals surface area contributed by atoms with Crippen molar-refractivity contribution in [2.45, 2.75) is 13.8 Å². The molecule has 4 nitrogen and oxygen atoms in total. The van der Waals surface area contributed by atoms with Crippen molar-refractivity contribution in [3.63, 3.8) is 0 Å². The number of halogens is 1. The number of hydrogen-bond donors (Lipinski definition) is 1. The minimum Gasteiger partial charge on any atom is -0.480 e. The largest absolute Gasteiger partial charge is 0.480 e. The summed E-state index contributed by atoms with van der Waals surface area (Å²) < 4.78 is 5.21. The summed E-state index contributed by atoms with van der Waals surface area (Å²) in [6.45, 7) is 3.67. The number of hydrogen-bond acceptors (Lipinski definition) is 4. The van der Waals surface area contributed by atoms with Crippen LogP contribution < -0.4 is 10.5 Å². The van der Waals surface area contributed by atoms with E-state index in [2.05, 4.69) is 11.1 Å². The van der Waals surface area contributed by atoms with Crippen molar-refractivity contribution in [3.8, 4) is 11.9 Å². The Morgan fingerprint density at radius 2 is 2.10 bits per heavy atom. The van der Waals surface area contributed by atoms with Crippen molar-refractivity contribution in [2.75, 3.05) is 7.11 Å². The second-order valence-electron chi connectivity index (χ2n) is 4.45. The average molecular weight is 288 g/mol. The first-order valence-electron chi connectivity index (χ1n) is 6.00. The van der Waals surface area contributed by atoms with E-state index in [1.54, 1.807) is 19.1 Å². The topological polar surface area (TPSA) is 71.9 Å². The Balaban J connectivity index is 3.01. The maximum absolute atomic E-state index is 9.42. The number of pyridine rings is 1. The summed E-state index contributed by atoms with van der Waals surface area (Å²) >= 11 is 6.00. The van der Waals surface area contributed by atoms with E-state index in [1.165, 1.54) is 7.11 Å². The summed E-state index contributed by atoms with van der Waals surface area (Å²) in [5.41, 5.74) is 9.15. The van der Waals surface area contributed by atoms with Crippen molar-refractivity contribution < 1.29 is 4.74 Å². The Kier molecular flexibility index (Phi) is 3.82. The summed E-state index contributed by atoms with van der Waals surface area (Å²) in [5, 5.41) is 10.8. The van der Waals surface area contributed by atoms with Gasteiger partial charge in [-0.3, -0.25) is 0 Å². The monoisotopic (exact) mass is 287 g/mol. The van der Waals surface area contributed by atoms with E-state index < -0.39 is 0 Å². The van der Waals surface area contributed by atoms with Crippen LogP contribution in [0.25, 0.3) is 16.5 Å². The van der Waals surface area contributed by atoms with Gasteiger partial charge in [-0.1, -0.05) is 17.7 Å². The van der Waals surface area contributed by atoms with Crippen LogP contribution in [0.1, 0.15) is 25.0 Å². The summed E-state index contributed by atoms with van der Waals surface area (Å²) in [6, 6.07) is 7.49. The van der Waals surface area contributed by atoms with Gasteiger partial charge in [-0.25, -0.2) is 4.98 Å². The summed E-state index contributed by atoms with van der Waals surface area (Å²) in [7, 11) is 1.48. The standard InChI is InChI=1S/C15H14ClN3O/c1-8(9(2)18)14-11-5-4-10(16)6-13(11)19-15(20-3)12(14)7-17/h4-6H,18H2,1-3H3. The van der Waals surface area contributed by atoms with Gasteiger partial charge in [0, 0.05) is 21.7 Å². The quantitative estimate of drug-likeness (QED) is 0.918. The van der Waals surface area contributed by atoms with Crippen LogP contribution in [0.15, 0.2) is 23.9 Å². The number of aromatic nitrogens is 1. The van der Waals surface area contributed by atoms with Crippen LogP contribution in [0.3, 0.4) is 0 Å². The van der Waals surface area contributed by atoms with Crippen LogP contribution in [0.2, 0.25) is 5.02 Å². The first kappa shape index (κ1) is 14.2. The van der Waals surface area contributed by atoms with Gasteiger partial charge in [0.25, 0.3) is 0 Å². The minimum absolute atomic E-state index is 0.276. The molecule has 0 spiro atoms. The van der Waals surface area contributed by atoms with Crippen molar-refractivity contribution >= 4 is 28.1 Å². The zero-order valence-electron chi connectivity index (χ0n) is 11.5. The van der Waals surface area contributed by atoms with Gasteiger partial charge in [0.2, 0.25) is 5.88 Å². The average Bonchev–Trinajstić information content (AvgIpc) is 2.43. The van der Waals surface area contributed by atoms with Crippen LogP contribution in [-0.4, -0.2) is 12.1 Å². The fourth-order valence-electron chi connectivity index (χ4n) is 2.05. The zero-order chi connectivity index (χ0) is 14.9. The lowest BCUT2D eigenvalue weighted by atomic mass is 9.96. The highest BCUT2D eigenvalue weighted by Crippen LogP contribution is 2.34. The molecule has 0 unspecified atom stereocenters. The minimum atomic E-state index is 0.276. The lowest BCUT2D eigenvalue weighted by molar-refractivity contribution is 0.398. The van der Waals surface area contributed by atoms with Crippen LogP contribution in [-0.2, 0) is 0 Å². The van der Waals surface area contributed by atoms with Gasteiger partial charge in [0.15, 0.2) is 0 Å². The Morgan fingerprint density at radius 3 is 2.65 bits per heavy atom. The molecule has 2 aromatic rings. The number of ether oxygens (including phenoxy) is 1. The number of rotatable bonds is 2. The molecule has 1 aromatic heterocycles. The van der Waals surface area contributed by atoms with Crippen molar-refractivity contribution in [1.29, 1.82) is 5.26 Å². The molecule has 0 saturated carbocycles. The van der Waals surface area contributed by atoms with Crippen LogP contribution >= 0.6 is 11.6 Å². The fraction of sp³-hybridized carbons (Fsp3) is 0.200. The Hall–Kier alpha value is -2.25. The first-order valence-corrected chi connectivity index (χ1v) is 6.38. The smallest absolute Gasteiger partial charge is 0.232 e. The molecular formula is C15H14ClN3O. The second-order valence-corrected chi connectivity index (χ2v) is 4.89.